The molecule has 0 radical (unpaired) electrons. The lowest BCUT2D eigenvalue weighted by Crippen LogP contribution is -2.09. The Morgan fingerprint density at radius 2 is 1.59 bits per heavy atom. The number of nitrogens with one attached hydrogen (secondary N) is 2. The van der Waals surface area contributed by atoms with E-state index >= 15 is 0 Å². The van der Waals surface area contributed by atoms with Crippen LogP contribution in [0.25, 0.3) is 5.65 Å². The maximum Gasteiger partial charge on any atom is 0.162 e. The molecular formula is C19H20IN7. The fourth-order valence-electron chi connectivity index (χ4n) is 2.68. The van der Waals surface area contributed by atoms with Gasteiger partial charge in [0.2, 0.25) is 0 Å². The standard InChI is InChI=1S/C19H19N7.HI/c1-14-9-24-26-18(23-13-16-5-3-7-21-11-16)8-17(25-19(14)26)22-12-15-4-2-6-20-10-15;/h2-11,23H,12-13H2,1H3,(H,22,25);1H. The fourth-order valence-corrected chi connectivity index (χ4v) is 2.68. The zero-order valence-electron chi connectivity index (χ0n) is 14.8. The normalized spacial score (nSPS) is 10.4. The Labute approximate surface area is 174 Å². The van der Waals surface area contributed by atoms with Gasteiger partial charge in [-0.1, -0.05) is 12.1 Å². The number of fused-ring (bicyclic) bond motifs is 1. The van der Waals surface area contributed by atoms with Crippen molar-refractivity contribution in [3.63, 3.8) is 0 Å². The monoisotopic (exact) mass is 473 g/mol. The Hall–Kier alpha value is -2.75. The van der Waals surface area contributed by atoms with E-state index < -0.39 is 0 Å². The number of pyridine rings is 2. The van der Waals surface area contributed by atoms with Crippen LogP contribution < -0.4 is 10.6 Å². The number of nitrogens with zero attached hydrogens (tertiary/aromatic N) is 5. The minimum absolute atomic E-state index is 0. The third-order valence-corrected chi connectivity index (χ3v) is 4.04. The molecule has 8 heteroatoms. The second-order valence-electron chi connectivity index (χ2n) is 6.02. The highest BCUT2D eigenvalue weighted by Gasteiger charge is 2.09. The first-order chi connectivity index (χ1) is 12.8. The molecule has 138 valence electrons. The van der Waals surface area contributed by atoms with Crippen LogP contribution in [-0.2, 0) is 13.1 Å². The van der Waals surface area contributed by atoms with Gasteiger partial charge in [-0.3, -0.25) is 9.97 Å². The van der Waals surface area contributed by atoms with Gasteiger partial charge in [-0.05, 0) is 30.2 Å². The van der Waals surface area contributed by atoms with Crippen LogP contribution in [0.4, 0.5) is 11.6 Å². The average Bonchev–Trinajstić information content (AvgIpc) is 3.07. The van der Waals surface area contributed by atoms with Crippen LogP contribution in [0.5, 0.6) is 0 Å². The second-order valence-corrected chi connectivity index (χ2v) is 6.02. The maximum atomic E-state index is 4.68. The van der Waals surface area contributed by atoms with E-state index in [0.29, 0.717) is 13.1 Å². The number of hydrogen-bond donors (Lipinski definition) is 2. The third-order valence-electron chi connectivity index (χ3n) is 4.04. The van der Waals surface area contributed by atoms with E-state index in [0.717, 1.165) is 34.0 Å². The summed E-state index contributed by atoms with van der Waals surface area (Å²) in [6.07, 6.45) is 9.05. The number of hydrogen-bond acceptors (Lipinski definition) is 6. The van der Waals surface area contributed by atoms with Crippen molar-refractivity contribution < 1.29 is 0 Å². The topological polar surface area (TPSA) is 80.0 Å². The van der Waals surface area contributed by atoms with Gasteiger partial charge in [-0.25, -0.2) is 4.98 Å². The van der Waals surface area contributed by atoms with Gasteiger partial charge in [0.25, 0.3) is 0 Å². The molecule has 4 aromatic heterocycles. The predicted molar refractivity (Wildman–Crippen MR) is 116 cm³/mol. The van der Waals surface area contributed by atoms with E-state index in [1.807, 2.05) is 60.4 Å². The lowest BCUT2D eigenvalue weighted by Gasteiger charge is -2.12. The molecule has 27 heavy (non-hydrogen) atoms. The Bertz CT molecular complexity index is 1000. The minimum atomic E-state index is 0. The summed E-state index contributed by atoms with van der Waals surface area (Å²) < 4.78 is 1.82. The summed E-state index contributed by atoms with van der Waals surface area (Å²) in [4.78, 5) is 13.0. The highest BCUT2D eigenvalue weighted by Crippen LogP contribution is 2.19. The number of aryl methyl sites for hydroxylation is 1. The molecule has 2 N–H and O–H groups in total. The molecule has 0 unspecified atom stereocenters. The van der Waals surface area contributed by atoms with Crippen LogP contribution in [-0.4, -0.2) is 24.6 Å². The van der Waals surface area contributed by atoms with Gasteiger partial charge in [0.05, 0.1) is 6.20 Å². The van der Waals surface area contributed by atoms with Crippen molar-refractivity contribution in [2.24, 2.45) is 0 Å². The van der Waals surface area contributed by atoms with Crippen LogP contribution in [0.1, 0.15) is 16.7 Å². The lowest BCUT2D eigenvalue weighted by atomic mass is 10.3. The Morgan fingerprint density at radius 1 is 0.926 bits per heavy atom. The van der Waals surface area contributed by atoms with Crippen LogP contribution in [0.2, 0.25) is 0 Å². The maximum absolute atomic E-state index is 4.68. The highest BCUT2D eigenvalue weighted by molar-refractivity contribution is 14.0. The average molecular weight is 473 g/mol. The van der Waals surface area contributed by atoms with Crippen LogP contribution in [0.3, 0.4) is 0 Å². The van der Waals surface area contributed by atoms with Crippen molar-refractivity contribution in [1.82, 2.24) is 24.6 Å². The molecule has 0 fully saturated rings. The van der Waals surface area contributed by atoms with Crippen molar-refractivity contribution in [3.05, 3.63) is 78.0 Å². The minimum Gasteiger partial charge on any atom is -0.366 e. The van der Waals surface area contributed by atoms with Crippen molar-refractivity contribution >= 4 is 41.3 Å². The summed E-state index contributed by atoms with van der Waals surface area (Å²) in [6.45, 7) is 3.32. The molecule has 0 bridgehead atoms. The van der Waals surface area contributed by atoms with Gasteiger partial charge in [0, 0.05) is 49.5 Å². The van der Waals surface area contributed by atoms with E-state index in [4.69, 9.17) is 0 Å². The van der Waals surface area contributed by atoms with Crippen molar-refractivity contribution in [2.75, 3.05) is 10.6 Å². The largest absolute Gasteiger partial charge is 0.366 e. The molecule has 4 heterocycles. The molecule has 0 aliphatic carbocycles. The van der Waals surface area contributed by atoms with Crippen LogP contribution in [0.15, 0.2) is 61.3 Å². The first-order valence-electron chi connectivity index (χ1n) is 8.40. The van der Waals surface area contributed by atoms with Crippen LogP contribution >= 0.6 is 24.0 Å². The molecule has 0 aliphatic heterocycles. The zero-order chi connectivity index (χ0) is 17.8. The van der Waals surface area contributed by atoms with Crippen LogP contribution in [0, 0.1) is 6.92 Å². The van der Waals surface area contributed by atoms with E-state index in [2.05, 4.69) is 30.7 Å². The molecule has 7 nitrogen and oxygen atoms in total. The van der Waals surface area contributed by atoms with Crippen molar-refractivity contribution in [3.8, 4) is 0 Å². The summed E-state index contributed by atoms with van der Waals surface area (Å²) >= 11 is 0. The predicted octanol–water partition coefficient (Wildman–Crippen LogP) is 3.67. The molecule has 4 aromatic rings. The molecule has 0 atom stereocenters. The SMILES string of the molecule is Cc1cnn2c(NCc3cccnc3)cc(NCc3cccnc3)nc12.I. The second kappa shape index (κ2) is 8.76. The smallest absolute Gasteiger partial charge is 0.162 e. The molecule has 0 aliphatic rings. The van der Waals surface area contributed by atoms with Gasteiger partial charge in [-0.15, -0.1) is 24.0 Å². The Kier molecular flexibility index (Phi) is 6.17. The fraction of sp³-hybridized carbons (Fsp3) is 0.158. The van der Waals surface area contributed by atoms with E-state index in [9.17, 15) is 0 Å². The number of aromatic nitrogens is 5. The summed E-state index contributed by atoms with van der Waals surface area (Å²) in [5.74, 6) is 1.67. The first-order valence-corrected chi connectivity index (χ1v) is 8.40. The first kappa shape index (κ1) is 19.0. The number of anilines is 2. The van der Waals surface area contributed by atoms with Crippen molar-refractivity contribution in [1.29, 1.82) is 0 Å². The van der Waals surface area contributed by atoms with Gasteiger partial charge in [0.15, 0.2) is 5.65 Å². The summed E-state index contributed by atoms with van der Waals surface area (Å²) in [5, 5.41) is 11.2. The van der Waals surface area contributed by atoms with Gasteiger partial charge in [0.1, 0.15) is 11.6 Å². The third kappa shape index (κ3) is 4.51. The zero-order valence-corrected chi connectivity index (χ0v) is 17.2. The van der Waals surface area contributed by atoms with E-state index in [1.54, 1.807) is 12.4 Å². The van der Waals surface area contributed by atoms with Gasteiger partial charge < -0.3 is 10.6 Å². The molecule has 4 rings (SSSR count). The summed E-state index contributed by atoms with van der Waals surface area (Å²) in [7, 11) is 0. The van der Waals surface area contributed by atoms with Crippen molar-refractivity contribution in [2.45, 2.75) is 20.0 Å². The molecule has 0 aromatic carbocycles. The van der Waals surface area contributed by atoms with E-state index in [1.165, 1.54) is 0 Å². The number of halogens is 1. The molecule has 0 saturated carbocycles. The lowest BCUT2D eigenvalue weighted by molar-refractivity contribution is 0.921. The number of rotatable bonds is 6. The van der Waals surface area contributed by atoms with Gasteiger partial charge in [-0.2, -0.15) is 9.61 Å². The Morgan fingerprint density at radius 3 is 2.22 bits per heavy atom. The quantitative estimate of drug-likeness (QED) is 0.416. The molecule has 0 amide bonds. The summed E-state index contributed by atoms with van der Waals surface area (Å²) in [6, 6.07) is 9.89. The highest BCUT2D eigenvalue weighted by atomic mass is 127. The molecule has 0 saturated heterocycles. The molecule has 0 spiro atoms. The van der Waals surface area contributed by atoms with Gasteiger partial charge >= 0.3 is 0 Å². The summed E-state index contributed by atoms with van der Waals surface area (Å²) in [5.41, 5.74) is 4.06. The van der Waals surface area contributed by atoms with E-state index in [-0.39, 0.29) is 24.0 Å². The Balaban J connectivity index is 0.00000210. The molecular weight excluding hydrogens is 453 g/mol.